The van der Waals surface area contributed by atoms with E-state index in [-0.39, 0.29) is 11.8 Å². The molecule has 2 rings (SSSR count). The van der Waals surface area contributed by atoms with Crippen molar-refractivity contribution in [3.63, 3.8) is 0 Å². The van der Waals surface area contributed by atoms with Gasteiger partial charge in [0.2, 0.25) is 0 Å². The molecule has 0 aliphatic carbocycles. The summed E-state index contributed by atoms with van der Waals surface area (Å²) in [4.78, 5) is 0.494. The Morgan fingerprint density at radius 1 is 1.47 bits per heavy atom. The van der Waals surface area contributed by atoms with E-state index in [9.17, 15) is 8.42 Å². The van der Waals surface area contributed by atoms with E-state index in [1.807, 2.05) is 12.1 Å². The third-order valence-corrected chi connectivity index (χ3v) is 5.57. The van der Waals surface area contributed by atoms with Crippen LogP contribution in [0.5, 0.6) is 0 Å². The quantitative estimate of drug-likeness (QED) is 0.908. The highest BCUT2D eigenvalue weighted by atomic mass is 32.2. The van der Waals surface area contributed by atoms with Crippen molar-refractivity contribution in [1.29, 1.82) is 0 Å². The van der Waals surface area contributed by atoms with Gasteiger partial charge in [-0.05, 0) is 24.8 Å². The molecule has 0 saturated carbocycles. The summed E-state index contributed by atoms with van der Waals surface area (Å²) in [5.74, 6) is 1.17. The van der Waals surface area contributed by atoms with E-state index in [1.54, 1.807) is 23.9 Å². The minimum Gasteiger partial charge on any atom is -0.306 e. The molecule has 1 N–H and O–H groups in total. The van der Waals surface area contributed by atoms with Crippen molar-refractivity contribution in [3.05, 3.63) is 29.8 Å². The number of hydrogen-bond acceptors (Lipinski definition) is 4. The molecule has 0 spiro atoms. The summed E-state index contributed by atoms with van der Waals surface area (Å²) < 4.78 is 23.9. The summed E-state index contributed by atoms with van der Waals surface area (Å²) in [6, 6.07) is 7.54. The molecule has 2 unspecified atom stereocenters. The van der Waals surface area contributed by atoms with Crippen LogP contribution in [0, 0.1) is 0 Å². The Hall–Kier alpha value is -0.520. The van der Waals surface area contributed by atoms with Crippen LogP contribution in [-0.4, -0.2) is 32.2 Å². The maximum atomic E-state index is 12.0. The number of hydrogen-bond donors (Lipinski definition) is 1. The summed E-state index contributed by atoms with van der Waals surface area (Å²) in [5, 5.41) is 3.39. The molecule has 0 fully saturated rings. The van der Waals surface area contributed by atoms with Gasteiger partial charge in [0.05, 0.1) is 10.6 Å². The Morgan fingerprint density at radius 2 is 2.18 bits per heavy atom. The molecule has 0 radical (unpaired) electrons. The van der Waals surface area contributed by atoms with Crippen molar-refractivity contribution in [1.82, 2.24) is 5.32 Å². The molecule has 1 aromatic carbocycles. The highest BCUT2D eigenvalue weighted by molar-refractivity contribution is 7.98. The van der Waals surface area contributed by atoms with E-state index in [0.717, 1.165) is 11.3 Å². The van der Waals surface area contributed by atoms with Gasteiger partial charge in [0, 0.05) is 17.8 Å². The Morgan fingerprint density at radius 3 is 2.88 bits per heavy atom. The van der Waals surface area contributed by atoms with E-state index < -0.39 is 9.84 Å². The predicted octanol–water partition coefficient (Wildman–Crippen LogP) is 1.86. The lowest BCUT2D eigenvalue weighted by Gasteiger charge is -2.18. The van der Waals surface area contributed by atoms with E-state index in [0.29, 0.717) is 10.9 Å². The first-order chi connectivity index (χ1) is 8.04. The predicted molar refractivity (Wildman–Crippen MR) is 72.2 cm³/mol. The number of fused-ring (bicyclic) bond motifs is 1. The standard InChI is InChI=1S/C12H17NO2S2/c1-9(7-16-2)13-11-8-17(14,15)12-6-4-3-5-10(11)12/h3-6,9,11,13H,7-8H2,1-2H3. The maximum Gasteiger partial charge on any atom is 0.180 e. The fraction of sp³-hybridized carbons (Fsp3) is 0.500. The molecule has 0 saturated heterocycles. The molecule has 17 heavy (non-hydrogen) atoms. The van der Waals surface area contributed by atoms with E-state index in [2.05, 4.69) is 18.5 Å². The second-order valence-corrected chi connectivity index (χ2v) is 7.31. The van der Waals surface area contributed by atoms with E-state index in [1.165, 1.54) is 0 Å². The molecule has 1 aromatic rings. The molecule has 1 aliphatic heterocycles. The zero-order chi connectivity index (χ0) is 12.5. The molecule has 0 aromatic heterocycles. The molecule has 0 bridgehead atoms. The van der Waals surface area contributed by atoms with Crippen LogP contribution in [0.15, 0.2) is 29.2 Å². The zero-order valence-electron chi connectivity index (χ0n) is 10.0. The topological polar surface area (TPSA) is 46.2 Å². The summed E-state index contributed by atoms with van der Waals surface area (Å²) in [5.41, 5.74) is 0.917. The minimum atomic E-state index is -3.08. The molecule has 0 amide bonds. The highest BCUT2D eigenvalue weighted by Crippen LogP contribution is 2.33. The number of sulfone groups is 1. The van der Waals surface area contributed by atoms with Crippen molar-refractivity contribution >= 4 is 21.6 Å². The molecule has 1 aliphatic rings. The van der Waals surface area contributed by atoms with Gasteiger partial charge in [0.1, 0.15) is 0 Å². The summed E-state index contributed by atoms with van der Waals surface area (Å²) in [6.45, 7) is 2.09. The van der Waals surface area contributed by atoms with Gasteiger partial charge in [-0.25, -0.2) is 8.42 Å². The normalized spacial score (nSPS) is 23.3. The molecule has 3 nitrogen and oxygen atoms in total. The first-order valence-corrected chi connectivity index (χ1v) is 8.66. The van der Waals surface area contributed by atoms with Crippen LogP contribution < -0.4 is 5.32 Å². The smallest absolute Gasteiger partial charge is 0.180 e. The molecular formula is C12H17NO2S2. The third kappa shape index (κ3) is 2.67. The summed E-state index contributed by atoms with van der Waals surface area (Å²) in [7, 11) is -3.08. The number of benzene rings is 1. The third-order valence-electron chi connectivity index (χ3n) is 2.92. The van der Waals surface area contributed by atoms with Crippen molar-refractivity contribution < 1.29 is 8.42 Å². The van der Waals surface area contributed by atoms with Crippen LogP contribution in [0.1, 0.15) is 18.5 Å². The van der Waals surface area contributed by atoms with Crippen LogP contribution in [0.25, 0.3) is 0 Å². The lowest BCUT2D eigenvalue weighted by molar-refractivity contribution is 0.513. The van der Waals surface area contributed by atoms with Crippen LogP contribution in [0.2, 0.25) is 0 Å². The van der Waals surface area contributed by atoms with Crippen LogP contribution in [0.3, 0.4) is 0 Å². The SMILES string of the molecule is CSCC(C)NC1CS(=O)(=O)c2ccccc21. The van der Waals surface area contributed by atoms with Crippen LogP contribution in [-0.2, 0) is 9.84 Å². The molecule has 5 heteroatoms. The van der Waals surface area contributed by atoms with Crippen molar-refractivity contribution in [2.24, 2.45) is 0 Å². The first kappa shape index (κ1) is 12.9. The number of nitrogens with one attached hydrogen (secondary N) is 1. The average Bonchev–Trinajstić information content (AvgIpc) is 2.52. The fourth-order valence-corrected chi connectivity index (χ4v) is 4.58. The Kier molecular flexibility index (Phi) is 3.80. The largest absolute Gasteiger partial charge is 0.306 e. The van der Waals surface area contributed by atoms with Gasteiger partial charge >= 0.3 is 0 Å². The minimum absolute atomic E-state index is 0.0571. The van der Waals surface area contributed by atoms with Gasteiger partial charge < -0.3 is 5.32 Å². The molecule has 2 atom stereocenters. The Bertz CT molecular complexity index is 499. The van der Waals surface area contributed by atoms with Gasteiger partial charge in [0.25, 0.3) is 0 Å². The van der Waals surface area contributed by atoms with E-state index in [4.69, 9.17) is 0 Å². The Balaban J connectivity index is 2.23. The van der Waals surface area contributed by atoms with Gasteiger partial charge in [-0.1, -0.05) is 18.2 Å². The lowest BCUT2D eigenvalue weighted by atomic mass is 10.1. The monoisotopic (exact) mass is 271 g/mol. The van der Waals surface area contributed by atoms with Crippen LogP contribution in [0.4, 0.5) is 0 Å². The maximum absolute atomic E-state index is 12.0. The van der Waals surface area contributed by atoms with Crippen molar-refractivity contribution in [2.45, 2.75) is 23.9 Å². The fourth-order valence-electron chi connectivity index (χ4n) is 2.23. The lowest BCUT2D eigenvalue weighted by Crippen LogP contribution is -2.33. The van der Waals surface area contributed by atoms with Crippen LogP contribution >= 0.6 is 11.8 Å². The second-order valence-electron chi connectivity index (χ2n) is 4.39. The van der Waals surface area contributed by atoms with Gasteiger partial charge in [-0.3, -0.25) is 0 Å². The van der Waals surface area contributed by atoms with E-state index >= 15 is 0 Å². The number of rotatable bonds is 4. The molecule has 94 valence electrons. The van der Waals surface area contributed by atoms with Gasteiger partial charge in [-0.15, -0.1) is 0 Å². The summed E-state index contributed by atoms with van der Waals surface area (Å²) in [6.07, 6.45) is 2.05. The zero-order valence-corrected chi connectivity index (χ0v) is 11.6. The first-order valence-electron chi connectivity index (χ1n) is 5.61. The average molecular weight is 271 g/mol. The molecular weight excluding hydrogens is 254 g/mol. The molecule has 1 heterocycles. The second kappa shape index (κ2) is 5.00. The summed E-state index contributed by atoms with van der Waals surface area (Å²) >= 11 is 1.76. The van der Waals surface area contributed by atoms with Gasteiger partial charge in [0.15, 0.2) is 9.84 Å². The highest BCUT2D eigenvalue weighted by Gasteiger charge is 2.34. The van der Waals surface area contributed by atoms with Crippen molar-refractivity contribution in [2.75, 3.05) is 17.8 Å². The van der Waals surface area contributed by atoms with Crippen molar-refractivity contribution in [3.8, 4) is 0 Å². The van der Waals surface area contributed by atoms with Gasteiger partial charge in [-0.2, -0.15) is 11.8 Å². The number of thioether (sulfide) groups is 1. The Labute approximate surface area is 107 Å².